The standard InChI is InChI=1S/C21H27N3O2/c1-17(2)12-23(13-18-8-10-22-11-9-18)19-14-24(15-19)21(25)16-26-20-6-4-3-5-7-20/h3-11,17,19H,12-16H2,1-2H3. The maximum absolute atomic E-state index is 12.3. The van der Waals surface area contributed by atoms with Crippen LogP contribution in [0.3, 0.4) is 0 Å². The van der Waals surface area contributed by atoms with Gasteiger partial charge in [-0.15, -0.1) is 0 Å². The minimum absolute atomic E-state index is 0.0542. The van der Waals surface area contributed by atoms with Crippen molar-refractivity contribution in [2.75, 3.05) is 26.2 Å². The summed E-state index contributed by atoms with van der Waals surface area (Å²) < 4.78 is 5.57. The number of likely N-dealkylation sites (tertiary alicyclic amines) is 1. The molecule has 3 rings (SSSR count). The molecule has 2 heterocycles. The van der Waals surface area contributed by atoms with Crippen molar-refractivity contribution in [3.63, 3.8) is 0 Å². The van der Waals surface area contributed by atoms with E-state index in [4.69, 9.17) is 4.74 Å². The molecule has 1 aliphatic rings. The molecule has 0 radical (unpaired) electrons. The number of carbonyl (C=O) groups excluding carboxylic acids is 1. The predicted molar refractivity (Wildman–Crippen MR) is 102 cm³/mol. The molecule has 0 spiro atoms. The van der Waals surface area contributed by atoms with Crippen LogP contribution in [0.25, 0.3) is 0 Å². The van der Waals surface area contributed by atoms with Crippen LogP contribution >= 0.6 is 0 Å². The first kappa shape index (κ1) is 18.4. The second-order valence-electron chi connectivity index (χ2n) is 7.23. The molecule has 1 saturated heterocycles. The van der Waals surface area contributed by atoms with E-state index in [1.54, 1.807) is 0 Å². The van der Waals surface area contributed by atoms with E-state index in [9.17, 15) is 4.79 Å². The van der Waals surface area contributed by atoms with Crippen LogP contribution in [0.5, 0.6) is 5.75 Å². The van der Waals surface area contributed by atoms with Crippen LogP contribution in [-0.2, 0) is 11.3 Å². The van der Waals surface area contributed by atoms with E-state index >= 15 is 0 Å². The lowest BCUT2D eigenvalue weighted by Gasteiger charge is -2.46. The molecule has 5 nitrogen and oxygen atoms in total. The number of para-hydroxylation sites is 1. The molecule has 0 unspecified atom stereocenters. The number of carbonyl (C=O) groups is 1. The van der Waals surface area contributed by atoms with Crippen molar-refractivity contribution in [3.05, 3.63) is 60.4 Å². The number of aromatic nitrogens is 1. The average Bonchev–Trinajstić information content (AvgIpc) is 2.60. The van der Waals surface area contributed by atoms with Crippen LogP contribution < -0.4 is 4.74 Å². The molecule has 5 heteroatoms. The molecule has 1 fully saturated rings. The SMILES string of the molecule is CC(C)CN(Cc1ccncc1)C1CN(C(=O)COc2ccccc2)C1. The van der Waals surface area contributed by atoms with E-state index < -0.39 is 0 Å². The van der Waals surface area contributed by atoms with Gasteiger partial charge in [0.15, 0.2) is 6.61 Å². The van der Waals surface area contributed by atoms with Crippen LogP contribution in [0.1, 0.15) is 19.4 Å². The van der Waals surface area contributed by atoms with Crippen LogP contribution in [-0.4, -0.2) is 53.0 Å². The van der Waals surface area contributed by atoms with Gasteiger partial charge in [-0.3, -0.25) is 14.7 Å². The lowest BCUT2D eigenvalue weighted by molar-refractivity contribution is -0.141. The van der Waals surface area contributed by atoms with Gasteiger partial charge in [0.25, 0.3) is 5.91 Å². The normalized spacial score (nSPS) is 14.5. The first-order valence-electron chi connectivity index (χ1n) is 9.20. The van der Waals surface area contributed by atoms with Crippen molar-refractivity contribution >= 4 is 5.91 Å². The number of amides is 1. The Morgan fingerprint density at radius 1 is 1.19 bits per heavy atom. The highest BCUT2D eigenvalue weighted by atomic mass is 16.5. The lowest BCUT2D eigenvalue weighted by Crippen LogP contribution is -2.62. The fourth-order valence-electron chi connectivity index (χ4n) is 3.18. The Labute approximate surface area is 155 Å². The number of hydrogen-bond acceptors (Lipinski definition) is 4. The van der Waals surface area contributed by atoms with Crippen LogP contribution in [0.2, 0.25) is 0 Å². The molecule has 26 heavy (non-hydrogen) atoms. The van der Waals surface area contributed by atoms with E-state index in [0.717, 1.165) is 31.9 Å². The lowest BCUT2D eigenvalue weighted by atomic mass is 10.0. The molecule has 1 amide bonds. The maximum Gasteiger partial charge on any atom is 0.260 e. The first-order valence-corrected chi connectivity index (χ1v) is 9.20. The van der Waals surface area contributed by atoms with Gasteiger partial charge in [-0.2, -0.15) is 0 Å². The molecule has 2 aromatic rings. The minimum Gasteiger partial charge on any atom is -0.484 e. The number of rotatable bonds is 8. The number of nitrogens with zero attached hydrogens (tertiary/aromatic N) is 3. The fraction of sp³-hybridized carbons (Fsp3) is 0.429. The van der Waals surface area contributed by atoms with Crippen molar-refractivity contribution in [1.29, 1.82) is 0 Å². The van der Waals surface area contributed by atoms with Crippen LogP contribution in [0.15, 0.2) is 54.9 Å². The predicted octanol–water partition coefficient (Wildman–Crippen LogP) is 2.83. The summed E-state index contributed by atoms with van der Waals surface area (Å²) in [7, 11) is 0. The van der Waals surface area contributed by atoms with Crippen molar-refractivity contribution in [1.82, 2.24) is 14.8 Å². The van der Waals surface area contributed by atoms with Gasteiger partial charge in [0.05, 0.1) is 0 Å². The third-order valence-corrected chi connectivity index (χ3v) is 4.57. The van der Waals surface area contributed by atoms with Crippen LogP contribution in [0, 0.1) is 5.92 Å². The second-order valence-corrected chi connectivity index (χ2v) is 7.23. The van der Waals surface area contributed by atoms with E-state index in [1.165, 1.54) is 5.56 Å². The smallest absolute Gasteiger partial charge is 0.260 e. The molecule has 0 bridgehead atoms. The highest BCUT2D eigenvalue weighted by Gasteiger charge is 2.35. The Hall–Kier alpha value is -2.40. The molecule has 1 aromatic carbocycles. The summed E-state index contributed by atoms with van der Waals surface area (Å²) in [6.07, 6.45) is 3.67. The van der Waals surface area contributed by atoms with Crippen molar-refractivity contribution in [2.24, 2.45) is 5.92 Å². The molecular weight excluding hydrogens is 326 g/mol. The molecule has 0 N–H and O–H groups in total. The molecule has 1 aliphatic heterocycles. The zero-order chi connectivity index (χ0) is 18.4. The highest BCUT2D eigenvalue weighted by molar-refractivity contribution is 5.78. The molecule has 0 aliphatic carbocycles. The average molecular weight is 353 g/mol. The van der Waals surface area contributed by atoms with E-state index in [-0.39, 0.29) is 12.5 Å². The maximum atomic E-state index is 12.3. The summed E-state index contributed by atoms with van der Waals surface area (Å²) in [6.45, 7) is 8.03. The third-order valence-electron chi connectivity index (χ3n) is 4.57. The topological polar surface area (TPSA) is 45.7 Å². The highest BCUT2D eigenvalue weighted by Crippen LogP contribution is 2.20. The molecule has 1 aromatic heterocycles. The summed E-state index contributed by atoms with van der Waals surface area (Å²) in [6, 6.07) is 14.0. The van der Waals surface area contributed by atoms with Gasteiger partial charge < -0.3 is 9.64 Å². The van der Waals surface area contributed by atoms with Crippen molar-refractivity contribution in [3.8, 4) is 5.75 Å². The third kappa shape index (κ3) is 5.05. The molecule has 0 atom stereocenters. The molecule has 138 valence electrons. The van der Waals surface area contributed by atoms with Gasteiger partial charge in [0.2, 0.25) is 0 Å². The van der Waals surface area contributed by atoms with Gasteiger partial charge in [0, 0.05) is 44.6 Å². The largest absolute Gasteiger partial charge is 0.484 e. The molecular formula is C21H27N3O2. The van der Waals surface area contributed by atoms with Crippen molar-refractivity contribution < 1.29 is 9.53 Å². The number of benzene rings is 1. The van der Waals surface area contributed by atoms with Gasteiger partial charge in [-0.25, -0.2) is 0 Å². The molecule has 0 saturated carbocycles. The monoisotopic (exact) mass is 353 g/mol. The quantitative estimate of drug-likeness (QED) is 0.732. The van der Waals surface area contributed by atoms with E-state index in [1.807, 2.05) is 47.6 Å². The van der Waals surface area contributed by atoms with Crippen LogP contribution in [0.4, 0.5) is 0 Å². The summed E-state index contributed by atoms with van der Waals surface area (Å²) >= 11 is 0. The van der Waals surface area contributed by atoms with E-state index in [2.05, 4.69) is 35.9 Å². The number of hydrogen-bond donors (Lipinski definition) is 0. The Balaban J connectivity index is 1.49. The Bertz CT molecular complexity index is 685. The number of ether oxygens (including phenoxy) is 1. The fourth-order valence-corrected chi connectivity index (χ4v) is 3.18. The zero-order valence-corrected chi connectivity index (χ0v) is 15.5. The van der Waals surface area contributed by atoms with Gasteiger partial charge in [-0.05, 0) is 35.7 Å². The van der Waals surface area contributed by atoms with Crippen molar-refractivity contribution in [2.45, 2.75) is 26.4 Å². The minimum atomic E-state index is 0.0542. The zero-order valence-electron chi connectivity index (χ0n) is 15.5. The Morgan fingerprint density at radius 3 is 2.54 bits per heavy atom. The van der Waals surface area contributed by atoms with Gasteiger partial charge >= 0.3 is 0 Å². The summed E-state index contributed by atoms with van der Waals surface area (Å²) in [5.74, 6) is 1.37. The Kier molecular flexibility index (Phi) is 6.23. The van der Waals surface area contributed by atoms with Gasteiger partial charge in [0.1, 0.15) is 5.75 Å². The second kappa shape index (κ2) is 8.81. The van der Waals surface area contributed by atoms with E-state index in [0.29, 0.717) is 12.0 Å². The summed E-state index contributed by atoms with van der Waals surface area (Å²) in [5, 5.41) is 0. The Morgan fingerprint density at radius 2 is 1.88 bits per heavy atom. The summed E-state index contributed by atoms with van der Waals surface area (Å²) in [4.78, 5) is 20.8. The first-order chi connectivity index (χ1) is 12.6. The number of pyridine rings is 1. The van der Waals surface area contributed by atoms with Gasteiger partial charge in [-0.1, -0.05) is 32.0 Å². The summed E-state index contributed by atoms with van der Waals surface area (Å²) in [5.41, 5.74) is 1.26.